The molecule has 1 aromatic heterocycles. The maximum Gasteiger partial charge on any atom is 0.122 e. The first-order chi connectivity index (χ1) is 8.79. The third-order valence-corrected chi connectivity index (χ3v) is 3.44. The van der Waals surface area contributed by atoms with Gasteiger partial charge < -0.3 is 15.0 Å². The Hall–Kier alpha value is -1.81. The van der Waals surface area contributed by atoms with Crippen molar-refractivity contribution in [3.63, 3.8) is 0 Å². The minimum atomic E-state index is 0.627. The van der Waals surface area contributed by atoms with Gasteiger partial charge in [0.05, 0.1) is 18.5 Å². The van der Waals surface area contributed by atoms with Crippen molar-refractivity contribution in [2.75, 3.05) is 13.2 Å². The Kier molecular flexibility index (Phi) is 2.80. The minimum Gasteiger partial charge on any atom is -0.493 e. The van der Waals surface area contributed by atoms with E-state index in [4.69, 9.17) is 10.5 Å². The van der Waals surface area contributed by atoms with Crippen molar-refractivity contribution < 1.29 is 4.74 Å². The average molecular weight is 243 g/mol. The Morgan fingerprint density at radius 2 is 2.33 bits per heavy atom. The third-order valence-electron chi connectivity index (χ3n) is 3.44. The first-order valence-corrected chi connectivity index (χ1v) is 6.26. The molecule has 4 nitrogen and oxygen atoms in total. The fourth-order valence-electron chi connectivity index (χ4n) is 2.42. The molecule has 0 amide bonds. The molecule has 18 heavy (non-hydrogen) atoms. The number of nitrogens with zero attached hydrogens (tertiary/aromatic N) is 2. The lowest BCUT2D eigenvalue weighted by molar-refractivity contribution is 0.357. The number of imidazole rings is 1. The highest BCUT2D eigenvalue weighted by Gasteiger charge is 2.14. The van der Waals surface area contributed by atoms with E-state index in [9.17, 15) is 0 Å². The van der Waals surface area contributed by atoms with Crippen molar-refractivity contribution in [2.45, 2.75) is 12.8 Å². The largest absolute Gasteiger partial charge is 0.493 e. The number of hydrogen-bond donors (Lipinski definition) is 1. The Balaban J connectivity index is 1.99. The number of ether oxygens (including phenoxy) is 1. The molecule has 2 N–H and O–H groups in total. The van der Waals surface area contributed by atoms with Crippen LogP contribution in [0.2, 0.25) is 0 Å². The third kappa shape index (κ3) is 1.78. The molecule has 0 fully saturated rings. The Bertz CT molecular complexity index is 574. The summed E-state index contributed by atoms with van der Waals surface area (Å²) < 4.78 is 7.64. The van der Waals surface area contributed by atoms with Gasteiger partial charge in [0.1, 0.15) is 11.6 Å². The summed E-state index contributed by atoms with van der Waals surface area (Å²) in [5.41, 5.74) is 9.19. The van der Waals surface area contributed by atoms with Crippen LogP contribution in [0.25, 0.3) is 11.3 Å². The van der Waals surface area contributed by atoms with E-state index < -0.39 is 0 Å². The highest BCUT2D eigenvalue weighted by Crippen LogP contribution is 2.30. The van der Waals surface area contributed by atoms with Gasteiger partial charge in [-0.15, -0.1) is 0 Å². The normalized spacial score (nSPS) is 13.4. The van der Waals surface area contributed by atoms with Crippen molar-refractivity contribution in [3.8, 4) is 17.0 Å². The molecule has 0 aliphatic carbocycles. The first-order valence-electron chi connectivity index (χ1n) is 6.26. The van der Waals surface area contributed by atoms with Crippen molar-refractivity contribution in [1.29, 1.82) is 0 Å². The van der Waals surface area contributed by atoms with E-state index in [1.54, 1.807) is 0 Å². The fraction of sp³-hybridized carbons (Fsp3) is 0.357. The van der Waals surface area contributed by atoms with Gasteiger partial charge in [-0.3, -0.25) is 0 Å². The van der Waals surface area contributed by atoms with Gasteiger partial charge in [-0.1, -0.05) is 0 Å². The summed E-state index contributed by atoms with van der Waals surface area (Å²) >= 11 is 0. The van der Waals surface area contributed by atoms with Crippen LogP contribution in [-0.2, 0) is 19.9 Å². The number of benzene rings is 1. The molecule has 94 valence electrons. The lowest BCUT2D eigenvalue weighted by Gasteiger charge is -2.07. The van der Waals surface area contributed by atoms with Crippen LogP contribution in [-0.4, -0.2) is 22.7 Å². The van der Waals surface area contributed by atoms with Crippen molar-refractivity contribution in [2.24, 2.45) is 12.8 Å². The number of fused-ring (bicyclic) bond motifs is 1. The predicted octanol–water partition coefficient (Wildman–Crippen LogP) is 1.52. The molecule has 1 aromatic carbocycles. The molecule has 2 aromatic rings. The van der Waals surface area contributed by atoms with E-state index in [0.29, 0.717) is 6.54 Å². The Morgan fingerprint density at radius 1 is 1.44 bits per heavy atom. The van der Waals surface area contributed by atoms with Crippen LogP contribution < -0.4 is 10.5 Å². The second kappa shape index (κ2) is 4.46. The monoisotopic (exact) mass is 243 g/mol. The molecule has 0 bridgehead atoms. The fourth-order valence-corrected chi connectivity index (χ4v) is 2.42. The number of rotatable bonds is 3. The summed E-state index contributed by atoms with van der Waals surface area (Å²) in [6.07, 6.45) is 3.73. The van der Waals surface area contributed by atoms with Crippen LogP contribution in [0, 0.1) is 0 Å². The van der Waals surface area contributed by atoms with E-state index in [2.05, 4.69) is 21.7 Å². The summed E-state index contributed by atoms with van der Waals surface area (Å²) in [5, 5.41) is 0. The number of nitrogens with two attached hydrogens (primary N) is 1. The van der Waals surface area contributed by atoms with Crippen molar-refractivity contribution >= 4 is 0 Å². The van der Waals surface area contributed by atoms with Gasteiger partial charge in [0.25, 0.3) is 0 Å². The zero-order chi connectivity index (χ0) is 12.5. The molecule has 4 heteroatoms. The summed E-state index contributed by atoms with van der Waals surface area (Å²) in [6, 6.07) is 6.34. The maximum atomic E-state index is 5.58. The molecular weight excluding hydrogens is 226 g/mol. The molecule has 0 atom stereocenters. The van der Waals surface area contributed by atoms with Crippen LogP contribution >= 0.6 is 0 Å². The lowest BCUT2D eigenvalue weighted by atomic mass is 10.1. The molecule has 0 saturated carbocycles. The Labute approximate surface area is 106 Å². The van der Waals surface area contributed by atoms with E-state index >= 15 is 0 Å². The van der Waals surface area contributed by atoms with E-state index in [-0.39, 0.29) is 0 Å². The molecule has 2 heterocycles. The second-order valence-corrected chi connectivity index (χ2v) is 4.58. The summed E-state index contributed by atoms with van der Waals surface area (Å²) in [7, 11) is 2.04. The van der Waals surface area contributed by atoms with Gasteiger partial charge in [0.2, 0.25) is 0 Å². The molecule has 0 unspecified atom stereocenters. The molecule has 1 aliphatic rings. The topological polar surface area (TPSA) is 53.1 Å². The molecule has 1 aliphatic heterocycles. The van der Waals surface area contributed by atoms with Gasteiger partial charge in [-0.25, -0.2) is 4.98 Å². The zero-order valence-electron chi connectivity index (χ0n) is 10.5. The van der Waals surface area contributed by atoms with Gasteiger partial charge in [-0.2, -0.15) is 0 Å². The lowest BCUT2D eigenvalue weighted by Crippen LogP contribution is -2.08. The van der Waals surface area contributed by atoms with Crippen LogP contribution in [0.4, 0.5) is 0 Å². The summed E-state index contributed by atoms with van der Waals surface area (Å²) in [5.74, 6) is 2.05. The van der Waals surface area contributed by atoms with Crippen LogP contribution in [0.1, 0.15) is 11.4 Å². The van der Waals surface area contributed by atoms with Gasteiger partial charge in [0, 0.05) is 25.5 Å². The highest BCUT2D eigenvalue weighted by atomic mass is 16.5. The smallest absolute Gasteiger partial charge is 0.122 e. The minimum absolute atomic E-state index is 0.627. The number of aromatic nitrogens is 2. The van der Waals surface area contributed by atoms with Crippen LogP contribution in [0.5, 0.6) is 5.75 Å². The second-order valence-electron chi connectivity index (χ2n) is 4.58. The van der Waals surface area contributed by atoms with Crippen LogP contribution in [0.15, 0.2) is 24.4 Å². The van der Waals surface area contributed by atoms with Crippen molar-refractivity contribution in [3.05, 3.63) is 35.8 Å². The molecule has 0 radical (unpaired) electrons. The molecular formula is C14H17N3O. The quantitative estimate of drug-likeness (QED) is 0.889. The first kappa shape index (κ1) is 11.3. The molecule has 3 rings (SSSR count). The molecule has 0 spiro atoms. The van der Waals surface area contributed by atoms with Gasteiger partial charge in [-0.05, 0) is 30.3 Å². The zero-order valence-corrected chi connectivity index (χ0v) is 10.5. The highest BCUT2D eigenvalue weighted by molar-refractivity contribution is 5.63. The van der Waals surface area contributed by atoms with E-state index in [1.807, 2.05) is 19.3 Å². The van der Waals surface area contributed by atoms with E-state index in [0.717, 1.165) is 36.7 Å². The number of hydrogen-bond acceptors (Lipinski definition) is 3. The SMILES string of the molecule is Cn1c(-c2ccc3c(c2)CCO3)cnc1CCN. The Morgan fingerprint density at radius 3 is 3.17 bits per heavy atom. The summed E-state index contributed by atoms with van der Waals surface area (Å²) in [4.78, 5) is 4.43. The van der Waals surface area contributed by atoms with Gasteiger partial charge in [0.15, 0.2) is 0 Å². The van der Waals surface area contributed by atoms with Gasteiger partial charge >= 0.3 is 0 Å². The average Bonchev–Trinajstić information content (AvgIpc) is 2.97. The summed E-state index contributed by atoms with van der Waals surface area (Å²) in [6.45, 7) is 1.42. The standard InChI is InChI=1S/C14H17N3O/c1-17-12(9-16-14(17)4-6-15)10-2-3-13-11(8-10)5-7-18-13/h2-3,8-9H,4-7,15H2,1H3. The predicted molar refractivity (Wildman–Crippen MR) is 70.6 cm³/mol. The maximum absolute atomic E-state index is 5.58. The molecule has 0 saturated heterocycles. The van der Waals surface area contributed by atoms with Crippen molar-refractivity contribution in [1.82, 2.24) is 9.55 Å². The van der Waals surface area contributed by atoms with Crippen LogP contribution in [0.3, 0.4) is 0 Å². The van der Waals surface area contributed by atoms with E-state index in [1.165, 1.54) is 11.1 Å².